The standard InChI is InChI=1S/C13H19ClO/c1-10(2)13(14)5-3-4-11-6-8-12(15)9-7-11/h6-10,13,15H,3-5H2,1-2H3. The SMILES string of the molecule is CC(C)C(Cl)CCCc1ccc(O)cc1. The third kappa shape index (κ3) is 4.57. The first-order valence-corrected chi connectivity index (χ1v) is 5.95. The highest BCUT2D eigenvalue weighted by atomic mass is 35.5. The van der Waals surface area contributed by atoms with E-state index in [1.807, 2.05) is 12.1 Å². The Labute approximate surface area is 97.1 Å². The van der Waals surface area contributed by atoms with Gasteiger partial charge in [0.2, 0.25) is 0 Å². The van der Waals surface area contributed by atoms with Crippen molar-refractivity contribution in [3.63, 3.8) is 0 Å². The molecule has 1 N–H and O–H groups in total. The lowest BCUT2D eigenvalue weighted by molar-refractivity contribution is 0.475. The molecular formula is C13H19ClO. The second kappa shape index (κ2) is 6.02. The molecule has 0 aliphatic carbocycles. The van der Waals surface area contributed by atoms with Gasteiger partial charge < -0.3 is 5.11 Å². The van der Waals surface area contributed by atoms with Crippen LogP contribution in [0.3, 0.4) is 0 Å². The molecule has 0 spiro atoms. The van der Waals surface area contributed by atoms with E-state index in [-0.39, 0.29) is 5.38 Å². The van der Waals surface area contributed by atoms with Crippen LogP contribution in [-0.4, -0.2) is 10.5 Å². The molecule has 0 aliphatic rings. The van der Waals surface area contributed by atoms with Crippen LogP contribution in [0, 0.1) is 5.92 Å². The number of benzene rings is 1. The predicted molar refractivity (Wildman–Crippen MR) is 65.5 cm³/mol. The van der Waals surface area contributed by atoms with E-state index in [0.29, 0.717) is 11.7 Å². The fraction of sp³-hybridized carbons (Fsp3) is 0.538. The van der Waals surface area contributed by atoms with Crippen LogP contribution in [0.1, 0.15) is 32.3 Å². The van der Waals surface area contributed by atoms with Gasteiger partial charge in [-0.15, -0.1) is 11.6 Å². The Morgan fingerprint density at radius 3 is 2.33 bits per heavy atom. The molecule has 0 aromatic heterocycles. The van der Waals surface area contributed by atoms with Crippen molar-refractivity contribution in [3.05, 3.63) is 29.8 Å². The second-order valence-electron chi connectivity index (χ2n) is 4.32. The fourth-order valence-corrected chi connectivity index (χ4v) is 1.65. The normalized spacial score (nSPS) is 13.1. The van der Waals surface area contributed by atoms with Gasteiger partial charge >= 0.3 is 0 Å². The first-order chi connectivity index (χ1) is 7.09. The van der Waals surface area contributed by atoms with Crippen molar-refractivity contribution >= 4 is 11.6 Å². The molecule has 1 rings (SSSR count). The van der Waals surface area contributed by atoms with Crippen molar-refractivity contribution in [2.45, 2.75) is 38.5 Å². The number of phenols is 1. The van der Waals surface area contributed by atoms with Gasteiger partial charge in [0, 0.05) is 5.38 Å². The van der Waals surface area contributed by atoms with Crippen molar-refractivity contribution in [2.75, 3.05) is 0 Å². The third-order valence-corrected chi connectivity index (χ3v) is 3.33. The molecule has 0 saturated carbocycles. The van der Waals surface area contributed by atoms with Crippen molar-refractivity contribution < 1.29 is 5.11 Å². The van der Waals surface area contributed by atoms with Gasteiger partial charge in [-0.25, -0.2) is 0 Å². The second-order valence-corrected chi connectivity index (χ2v) is 4.88. The highest BCUT2D eigenvalue weighted by Crippen LogP contribution is 2.18. The van der Waals surface area contributed by atoms with Gasteiger partial charge in [0.1, 0.15) is 5.75 Å². The molecule has 1 aromatic rings. The summed E-state index contributed by atoms with van der Waals surface area (Å²) in [6, 6.07) is 7.40. The minimum atomic E-state index is 0.280. The Bertz CT molecular complexity index is 279. The zero-order chi connectivity index (χ0) is 11.3. The molecule has 1 aromatic carbocycles. The molecule has 15 heavy (non-hydrogen) atoms. The molecule has 0 bridgehead atoms. The van der Waals surface area contributed by atoms with Crippen molar-refractivity contribution in [1.82, 2.24) is 0 Å². The summed E-state index contributed by atoms with van der Waals surface area (Å²) in [5.41, 5.74) is 1.26. The predicted octanol–water partition coefficient (Wildman–Crippen LogP) is 3.98. The van der Waals surface area contributed by atoms with E-state index in [2.05, 4.69) is 13.8 Å². The van der Waals surface area contributed by atoms with Crippen LogP contribution in [0.2, 0.25) is 0 Å². The number of halogens is 1. The molecule has 84 valence electrons. The lowest BCUT2D eigenvalue weighted by atomic mass is 10.0. The van der Waals surface area contributed by atoms with Crippen LogP contribution in [0.5, 0.6) is 5.75 Å². The zero-order valence-corrected chi connectivity index (χ0v) is 10.2. The maximum Gasteiger partial charge on any atom is 0.115 e. The summed E-state index contributed by atoms with van der Waals surface area (Å²) in [5, 5.41) is 9.40. The van der Waals surface area contributed by atoms with Crippen LogP contribution >= 0.6 is 11.6 Å². The number of aryl methyl sites for hydroxylation is 1. The molecular weight excluding hydrogens is 208 g/mol. The van der Waals surface area contributed by atoms with E-state index >= 15 is 0 Å². The van der Waals surface area contributed by atoms with Crippen LogP contribution < -0.4 is 0 Å². The summed E-state index contributed by atoms with van der Waals surface area (Å²) in [6.07, 6.45) is 3.20. The number of hydrogen-bond acceptors (Lipinski definition) is 1. The number of phenolic OH excluding ortho intramolecular Hbond substituents is 1. The molecule has 2 heteroatoms. The van der Waals surface area contributed by atoms with Crippen molar-refractivity contribution in [3.8, 4) is 5.75 Å². The van der Waals surface area contributed by atoms with Crippen molar-refractivity contribution in [1.29, 1.82) is 0 Å². The van der Waals surface area contributed by atoms with Crippen LogP contribution in [0.4, 0.5) is 0 Å². The summed E-state index contributed by atoms with van der Waals surface area (Å²) in [5.74, 6) is 0.877. The molecule has 0 heterocycles. The van der Waals surface area contributed by atoms with E-state index in [0.717, 1.165) is 19.3 Å². The average Bonchev–Trinajstić information content (AvgIpc) is 2.20. The quantitative estimate of drug-likeness (QED) is 0.753. The van der Waals surface area contributed by atoms with Gasteiger partial charge in [0.15, 0.2) is 0 Å². The van der Waals surface area contributed by atoms with Gasteiger partial charge in [0.05, 0.1) is 0 Å². The molecule has 0 fully saturated rings. The summed E-state index contributed by atoms with van der Waals surface area (Å²) >= 11 is 6.17. The Morgan fingerprint density at radius 2 is 1.80 bits per heavy atom. The van der Waals surface area contributed by atoms with Gasteiger partial charge in [-0.1, -0.05) is 26.0 Å². The highest BCUT2D eigenvalue weighted by Gasteiger charge is 2.08. The lowest BCUT2D eigenvalue weighted by Crippen LogP contribution is -2.07. The Hall–Kier alpha value is -0.690. The van der Waals surface area contributed by atoms with E-state index in [1.165, 1.54) is 5.56 Å². The molecule has 1 unspecified atom stereocenters. The summed E-state index contributed by atoms with van der Waals surface area (Å²) in [6.45, 7) is 4.30. The number of alkyl halides is 1. The topological polar surface area (TPSA) is 20.2 Å². The Kier molecular flexibility index (Phi) is 4.97. The van der Waals surface area contributed by atoms with Crippen LogP contribution in [0.25, 0.3) is 0 Å². The first kappa shape index (κ1) is 12.4. The summed E-state index contributed by atoms with van der Waals surface area (Å²) in [7, 11) is 0. The van der Waals surface area contributed by atoms with Gasteiger partial charge in [-0.3, -0.25) is 0 Å². The van der Waals surface area contributed by atoms with E-state index in [4.69, 9.17) is 16.7 Å². The van der Waals surface area contributed by atoms with Gasteiger partial charge in [-0.2, -0.15) is 0 Å². The molecule has 0 aliphatic heterocycles. The Morgan fingerprint density at radius 1 is 1.20 bits per heavy atom. The third-order valence-electron chi connectivity index (χ3n) is 2.61. The number of aromatic hydroxyl groups is 1. The average molecular weight is 227 g/mol. The highest BCUT2D eigenvalue weighted by molar-refractivity contribution is 6.20. The first-order valence-electron chi connectivity index (χ1n) is 5.51. The van der Waals surface area contributed by atoms with Crippen LogP contribution in [0.15, 0.2) is 24.3 Å². The van der Waals surface area contributed by atoms with Gasteiger partial charge in [0.25, 0.3) is 0 Å². The zero-order valence-electron chi connectivity index (χ0n) is 9.41. The molecule has 0 radical (unpaired) electrons. The number of hydrogen-bond donors (Lipinski definition) is 1. The molecule has 1 nitrogen and oxygen atoms in total. The molecule has 0 saturated heterocycles. The minimum absolute atomic E-state index is 0.280. The van der Waals surface area contributed by atoms with Crippen molar-refractivity contribution in [2.24, 2.45) is 5.92 Å². The maximum absolute atomic E-state index is 9.12. The lowest BCUT2D eigenvalue weighted by Gasteiger charge is -2.12. The maximum atomic E-state index is 9.12. The van der Waals surface area contributed by atoms with Gasteiger partial charge in [-0.05, 0) is 42.9 Å². The van der Waals surface area contributed by atoms with E-state index in [1.54, 1.807) is 12.1 Å². The minimum Gasteiger partial charge on any atom is -0.508 e. The van der Waals surface area contributed by atoms with E-state index in [9.17, 15) is 0 Å². The van der Waals surface area contributed by atoms with E-state index < -0.39 is 0 Å². The van der Waals surface area contributed by atoms with Crippen LogP contribution in [-0.2, 0) is 6.42 Å². The summed E-state index contributed by atoms with van der Waals surface area (Å²) in [4.78, 5) is 0. The molecule has 1 atom stereocenters. The monoisotopic (exact) mass is 226 g/mol. The largest absolute Gasteiger partial charge is 0.508 e. The number of rotatable bonds is 5. The fourth-order valence-electron chi connectivity index (χ4n) is 1.50. The summed E-state index contributed by atoms with van der Waals surface area (Å²) < 4.78 is 0. The Balaban J connectivity index is 2.29. The molecule has 0 amide bonds. The smallest absolute Gasteiger partial charge is 0.115 e.